The number of pyridine rings is 1. The van der Waals surface area contributed by atoms with E-state index in [0.717, 1.165) is 38.0 Å². The van der Waals surface area contributed by atoms with Crippen LogP contribution in [-0.4, -0.2) is 46.9 Å². The number of rotatable bonds is 3. The van der Waals surface area contributed by atoms with Gasteiger partial charge in [0.25, 0.3) is 0 Å². The third-order valence-corrected chi connectivity index (χ3v) is 4.68. The van der Waals surface area contributed by atoms with E-state index in [1.54, 1.807) is 6.92 Å². The van der Waals surface area contributed by atoms with Crippen LogP contribution in [0.1, 0.15) is 25.3 Å². The van der Waals surface area contributed by atoms with Gasteiger partial charge in [-0.25, -0.2) is 0 Å². The van der Waals surface area contributed by atoms with Crippen molar-refractivity contribution in [3.63, 3.8) is 0 Å². The van der Waals surface area contributed by atoms with Crippen LogP contribution >= 0.6 is 0 Å². The molecule has 1 saturated heterocycles. The Labute approximate surface area is 131 Å². The number of likely N-dealkylation sites (tertiary alicyclic amines) is 1. The Morgan fingerprint density at radius 3 is 2.82 bits per heavy atom. The van der Waals surface area contributed by atoms with E-state index in [1.165, 1.54) is 10.9 Å². The molecule has 0 bridgehead atoms. The maximum absolute atomic E-state index is 11.4. The summed E-state index contributed by atoms with van der Waals surface area (Å²) in [4.78, 5) is 20.2. The van der Waals surface area contributed by atoms with Gasteiger partial charge in [-0.1, -0.05) is 12.1 Å². The number of hydrogen-bond donors (Lipinski definition) is 0. The van der Waals surface area contributed by atoms with Gasteiger partial charge in [0.2, 0.25) is 5.91 Å². The van der Waals surface area contributed by atoms with Crippen LogP contribution in [0.5, 0.6) is 0 Å². The molecule has 0 unspecified atom stereocenters. The van der Waals surface area contributed by atoms with Crippen LogP contribution in [0.2, 0.25) is 0 Å². The molecule has 1 amide bonds. The summed E-state index contributed by atoms with van der Waals surface area (Å²) in [5.74, 6) is 0.167. The Bertz CT molecular complexity index is 662. The average molecular weight is 297 g/mol. The van der Waals surface area contributed by atoms with Gasteiger partial charge < -0.3 is 4.90 Å². The maximum Gasteiger partial charge on any atom is 0.219 e. The van der Waals surface area contributed by atoms with Gasteiger partial charge in [-0.3, -0.25) is 14.7 Å². The molecule has 4 nitrogen and oxygen atoms in total. The molecule has 0 spiro atoms. The number of hydrogen-bond acceptors (Lipinski definition) is 3. The third-order valence-electron chi connectivity index (χ3n) is 4.68. The fraction of sp³-hybridized carbons (Fsp3) is 0.444. The number of fused-ring (bicyclic) bond motifs is 1. The predicted octanol–water partition coefficient (Wildman–Crippen LogP) is 2.68. The van der Waals surface area contributed by atoms with E-state index in [9.17, 15) is 4.79 Å². The SMILES string of the molecule is CC(=O)N(C)C1CCN(Cc2ccc3ncccc3c2)CC1. The number of carbonyl (C=O) groups excluding carboxylic acids is 1. The minimum atomic E-state index is 0.167. The Morgan fingerprint density at radius 2 is 2.09 bits per heavy atom. The highest BCUT2D eigenvalue weighted by molar-refractivity contribution is 5.78. The molecule has 3 rings (SSSR count). The lowest BCUT2D eigenvalue weighted by molar-refractivity contribution is -0.130. The molecule has 0 aliphatic carbocycles. The molecular weight excluding hydrogens is 274 g/mol. The smallest absolute Gasteiger partial charge is 0.219 e. The van der Waals surface area contributed by atoms with Gasteiger partial charge in [0.15, 0.2) is 0 Å². The second-order valence-corrected chi connectivity index (χ2v) is 6.17. The summed E-state index contributed by atoms with van der Waals surface area (Å²) in [5.41, 5.74) is 2.38. The highest BCUT2D eigenvalue weighted by Crippen LogP contribution is 2.19. The zero-order valence-electron chi connectivity index (χ0n) is 13.3. The first kappa shape index (κ1) is 15.0. The molecule has 1 aliphatic heterocycles. The lowest BCUT2D eigenvalue weighted by Gasteiger charge is -2.36. The van der Waals surface area contributed by atoms with Gasteiger partial charge >= 0.3 is 0 Å². The summed E-state index contributed by atoms with van der Waals surface area (Å²) >= 11 is 0. The van der Waals surface area contributed by atoms with Crippen LogP contribution in [0, 0.1) is 0 Å². The van der Waals surface area contributed by atoms with Gasteiger partial charge in [0.1, 0.15) is 0 Å². The average Bonchev–Trinajstić information content (AvgIpc) is 2.55. The highest BCUT2D eigenvalue weighted by atomic mass is 16.2. The summed E-state index contributed by atoms with van der Waals surface area (Å²) in [6.07, 6.45) is 3.95. The minimum Gasteiger partial charge on any atom is -0.343 e. The standard InChI is InChI=1S/C18H23N3O/c1-14(22)20(2)17-7-10-21(11-8-17)13-15-5-6-18-16(12-15)4-3-9-19-18/h3-6,9,12,17H,7-8,10-11,13H2,1-2H3. The second-order valence-electron chi connectivity index (χ2n) is 6.17. The van der Waals surface area contributed by atoms with Crippen molar-refractivity contribution in [1.29, 1.82) is 0 Å². The fourth-order valence-electron chi connectivity index (χ4n) is 3.20. The van der Waals surface area contributed by atoms with E-state index in [4.69, 9.17) is 0 Å². The van der Waals surface area contributed by atoms with Crippen molar-refractivity contribution in [3.8, 4) is 0 Å². The summed E-state index contributed by atoms with van der Waals surface area (Å²) in [6.45, 7) is 4.72. The van der Waals surface area contributed by atoms with E-state index in [2.05, 4.69) is 34.1 Å². The molecular formula is C18H23N3O. The number of piperidine rings is 1. The van der Waals surface area contributed by atoms with Crippen LogP contribution in [-0.2, 0) is 11.3 Å². The van der Waals surface area contributed by atoms with E-state index >= 15 is 0 Å². The van der Waals surface area contributed by atoms with E-state index in [0.29, 0.717) is 6.04 Å². The molecule has 1 fully saturated rings. The van der Waals surface area contributed by atoms with Crippen LogP contribution in [0.15, 0.2) is 36.5 Å². The van der Waals surface area contributed by atoms with Gasteiger partial charge in [0.05, 0.1) is 5.52 Å². The topological polar surface area (TPSA) is 36.4 Å². The molecule has 1 aromatic carbocycles. The number of aromatic nitrogens is 1. The highest BCUT2D eigenvalue weighted by Gasteiger charge is 2.23. The molecule has 22 heavy (non-hydrogen) atoms. The molecule has 2 heterocycles. The van der Waals surface area contributed by atoms with E-state index in [-0.39, 0.29) is 5.91 Å². The van der Waals surface area contributed by atoms with Crippen molar-refractivity contribution in [2.24, 2.45) is 0 Å². The van der Waals surface area contributed by atoms with Crippen LogP contribution in [0.4, 0.5) is 0 Å². The summed E-state index contributed by atoms with van der Waals surface area (Å²) in [7, 11) is 1.92. The predicted molar refractivity (Wildman–Crippen MR) is 88.5 cm³/mol. The van der Waals surface area contributed by atoms with Crippen molar-refractivity contribution < 1.29 is 4.79 Å². The Kier molecular flexibility index (Phi) is 4.39. The number of amides is 1. The lowest BCUT2D eigenvalue weighted by Crippen LogP contribution is -2.44. The molecule has 0 N–H and O–H groups in total. The Morgan fingerprint density at radius 1 is 1.32 bits per heavy atom. The molecule has 4 heteroatoms. The van der Waals surface area contributed by atoms with Gasteiger partial charge in [-0.15, -0.1) is 0 Å². The number of carbonyl (C=O) groups is 1. The summed E-state index contributed by atoms with van der Waals surface area (Å²) < 4.78 is 0. The third kappa shape index (κ3) is 3.28. The molecule has 0 radical (unpaired) electrons. The van der Waals surface area contributed by atoms with Crippen molar-refractivity contribution in [2.75, 3.05) is 20.1 Å². The monoisotopic (exact) mass is 297 g/mol. The van der Waals surface area contributed by atoms with Crippen LogP contribution < -0.4 is 0 Å². The summed E-state index contributed by atoms with van der Waals surface area (Å²) in [6, 6.07) is 11.0. The maximum atomic E-state index is 11.4. The van der Waals surface area contributed by atoms with E-state index < -0.39 is 0 Å². The van der Waals surface area contributed by atoms with Gasteiger partial charge in [0, 0.05) is 51.2 Å². The minimum absolute atomic E-state index is 0.167. The largest absolute Gasteiger partial charge is 0.343 e. The Hall–Kier alpha value is -1.94. The van der Waals surface area contributed by atoms with Crippen LogP contribution in [0.25, 0.3) is 10.9 Å². The van der Waals surface area contributed by atoms with Gasteiger partial charge in [-0.05, 0) is 36.6 Å². The first-order valence-electron chi connectivity index (χ1n) is 7.93. The van der Waals surface area contributed by atoms with E-state index in [1.807, 2.05) is 24.2 Å². The molecule has 2 aromatic rings. The van der Waals surface area contributed by atoms with Crippen molar-refractivity contribution in [2.45, 2.75) is 32.4 Å². The Balaban J connectivity index is 1.61. The van der Waals surface area contributed by atoms with Crippen molar-refractivity contribution >= 4 is 16.8 Å². The van der Waals surface area contributed by atoms with Crippen molar-refractivity contribution in [1.82, 2.24) is 14.8 Å². The molecule has 116 valence electrons. The molecule has 1 aromatic heterocycles. The molecule has 1 aliphatic rings. The zero-order valence-corrected chi connectivity index (χ0v) is 13.3. The first-order valence-corrected chi connectivity index (χ1v) is 7.93. The first-order chi connectivity index (χ1) is 10.6. The molecule has 0 saturated carbocycles. The van der Waals surface area contributed by atoms with Crippen LogP contribution in [0.3, 0.4) is 0 Å². The van der Waals surface area contributed by atoms with Gasteiger partial charge in [-0.2, -0.15) is 0 Å². The summed E-state index contributed by atoms with van der Waals surface area (Å²) in [5, 5.41) is 1.20. The fourth-order valence-corrected chi connectivity index (χ4v) is 3.20. The number of benzene rings is 1. The number of nitrogens with zero attached hydrogens (tertiary/aromatic N) is 3. The van der Waals surface area contributed by atoms with Crippen molar-refractivity contribution in [3.05, 3.63) is 42.1 Å². The molecule has 0 atom stereocenters. The quantitative estimate of drug-likeness (QED) is 0.874. The lowest BCUT2D eigenvalue weighted by atomic mass is 10.0. The zero-order chi connectivity index (χ0) is 15.5. The normalized spacial score (nSPS) is 16.8. The second kappa shape index (κ2) is 6.44.